The predicted molar refractivity (Wildman–Crippen MR) is 100 cm³/mol. The fourth-order valence-electron chi connectivity index (χ4n) is 3.04. The van der Waals surface area contributed by atoms with Crippen LogP contribution >= 0.6 is 11.3 Å². The minimum atomic E-state index is -0.0112. The zero-order chi connectivity index (χ0) is 17.6. The SMILES string of the molecule is C=CCN(Cc1cccs1)C(=O)c1cccc(CN2CCCC2=O)c1. The molecule has 1 aromatic carbocycles. The first-order valence-electron chi connectivity index (χ1n) is 8.46. The highest BCUT2D eigenvalue weighted by molar-refractivity contribution is 7.09. The summed E-state index contributed by atoms with van der Waals surface area (Å²) in [5, 5.41) is 2.01. The summed E-state index contributed by atoms with van der Waals surface area (Å²) < 4.78 is 0. The highest BCUT2D eigenvalue weighted by Crippen LogP contribution is 2.18. The molecule has 0 aliphatic carbocycles. The van der Waals surface area contributed by atoms with Crippen LogP contribution in [-0.2, 0) is 17.9 Å². The Labute approximate surface area is 152 Å². The summed E-state index contributed by atoms with van der Waals surface area (Å²) in [4.78, 5) is 29.5. The lowest BCUT2D eigenvalue weighted by Crippen LogP contribution is -2.30. The molecular weight excluding hydrogens is 332 g/mol. The average molecular weight is 354 g/mol. The Bertz CT molecular complexity index is 755. The van der Waals surface area contributed by atoms with E-state index < -0.39 is 0 Å². The molecule has 5 heteroatoms. The third-order valence-electron chi connectivity index (χ3n) is 4.28. The number of likely N-dealkylation sites (tertiary alicyclic amines) is 1. The van der Waals surface area contributed by atoms with Gasteiger partial charge in [-0.2, -0.15) is 0 Å². The molecule has 0 bridgehead atoms. The zero-order valence-electron chi connectivity index (χ0n) is 14.2. The fourth-order valence-corrected chi connectivity index (χ4v) is 3.76. The first-order chi connectivity index (χ1) is 12.2. The quantitative estimate of drug-likeness (QED) is 0.712. The lowest BCUT2D eigenvalue weighted by Gasteiger charge is -2.21. The van der Waals surface area contributed by atoms with E-state index in [0.717, 1.165) is 23.4 Å². The molecule has 0 unspecified atom stereocenters. The Morgan fingerprint density at radius 1 is 1.32 bits per heavy atom. The molecule has 1 saturated heterocycles. The molecule has 1 aliphatic heterocycles. The molecule has 25 heavy (non-hydrogen) atoms. The van der Waals surface area contributed by atoms with Gasteiger partial charge in [0.15, 0.2) is 0 Å². The van der Waals surface area contributed by atoms with Crippen LogP contribution in [0.25, 0.3) is 0 Å². The number of hydrogen-bond acceptors (Lipinski definition) is 3. The summed E-state index contributed by atoms with van der Waals surface area (Å²) in [6, 6.07) is 11.6. The Morgan fingerprint density at radius 2 is 2.20 bits per heavy atom. The normalized spacial score (nSPS) is 13.9. The van der Waals surface area contributed by atoms with Crippen LogP contribution in [0, 0.1) is 0 Å². The molecule has 1 fully saturated rings. The minimum absolute atomic E-state index is 0.0112. The fraction of sp³-hybridized carbons (Fsp3) is 0.300. The van der Waals surface area contributed by atoms with Crippen LogP contribution in [-0.4, -0.2) is 34.7 Å². The number of thiophene rings is 1. The summed E-state index contributed by atoms with van der Waals surface area (Å²) in [7, 11) is 0. The molecular formula is C20H22N2O2S. The number of hydrogen-bond donors (Lipinski definition) is 0. The molecule has 0 N–H and O–H groups in total. The molecule has 2 heterocycles. The van der Waals surface area contributed by atoms with Crippen molar-refractivity contribution in [2.24, 2.45) is 0 Å². The molecule has 3 rings (SSSR count). The van der Waals surface area contributed by atoms with E-state index in [9.17, 15) is 9.59 Å². The van der Waals surface area contributed by atoms with E-state index in [4.69, 9.17) is 0 Å². The molecule has 1 aromatic heterocycles. The van der Waals surface area contributed by atoms with Crippen molar-refractivity contribution >= 4 is 23.2 Å². The van der Waals surface area contributed by atoms with Gasteiger partial charge < -0.3 is 9.80 Å². The van der Waals surface area contributed by atoms with Gasteiger partial charge >= 0.3 is 0 Å². The maximum absolute atomic E-state index is 12.9. The second kappa shape index (κ2) is 8.12. The molecule has 130 valence electrons. The van der Waals surface area contributed by atoms with Crippen molar-refractivity contribution in [3.05, 3.63) is 70.4 Å². The van der Waals surface area contributed by atoms with E-state index in [-0.39, 0.29) is 11.8 Å². The number of carbonyl (C=O) groups excluding carboxylic acids is 2. The van der Waals surface area contributed by atoms with Crippen molar-refractivity contribution in [1.82, 2.24) is 9.80 Å². The van der Waals surface area contributed by atoms with E-state index in [1.165, 1.54) is 0 Å². The monoisotopic (exact) mass is 354 g/mol. The van der Waals surface area contributed by atoms with Gasteiger partial charge in [-0.05, 0) is 35.6 Å². The first-order valence-corrected chi connectivity index (χ1v) is 9.34. The van der Waals surface area contributed by atoms with Gasteiger partial charge in [0.1, 0.15) is 0 Å². The van der Waals surface area contributed by atoms with Gasteiger partial charge in [-0.25, -0.2) is 0 Å². The predicted octanol–water partition coefficient (Wildman–Crippen LogP) is 3.70. The molecule has 0 spiro atoms. The Morgan fingerprint density at radius 3 is 2.88 bits per heavy atom. The second-order valence-electron chi connectivity index (χ2n) is 6.17. The van der Waals surface area contributed by atoms with Crippen LogP contribution in [0.3, 0.4) is 0 Å². The van der Waals surface area contributed by atoms with Gasteiger partial charge in [-0.3, -0.25) is 9.59 Å². The first kappa shape index (κ1) is 17.4. The number of carbonyl (C=O) groups is 2. The Balaban J connectivity index is 1.74. The van der Waals surface area contributed by atoms with Crippen molar-refractivity contribution in [2.75, 3.05) is 13.1 Å². The average Bonchev–Trinajstić information content (AvgIpc) is 3.26. The van der Waals surface area contributed by atoms with E-state index in [1.807, 2.05) is 46.7 Å². The molecule has 0 atom stereocenters. The number of amides is 2. The van der Waals surface area contributed by atoms with Gasteiger partial charge in [0.2, 0.25) is 5.91 Å². The second-order valence-corrected chi connectivity index (χ2v) is 7.21. The molecule has 0 radical (unpaired) electrons. The van der Waals surface area contributed by atoms with Crippen LogP contribution in [0.2, 0.25) is 0 Å². The Hall–Kier alpha value is -2.40. The summed E-state index contributed by atoms with van der Waals surface area (Å²) in [6.45, 7) is 6.23. The molecule has 4 nitrogen and oxygen atoms in total. The van der Waals surface area contributed by atoms with Crippen molar-refractivity contribution in [1.29, 1.82) is 0 Å². The highest BCUT2D eigenvalue weighted by atomic mass is 32.1. The van der Waals surface area contributed by atoms with E-state index in [0.29, 0.717) is 31.6 Å². The lowest BCUT2D eigenvalue weighted by molar-refractivity contribution is -0.128. The molecule has 0 saturated carbocycles. The van der Waals surface area contributed by atoms with Gasteiger partial charge in [-0.1, -0.05) is 24.3 Å². The summed E-state index contributed by atoms with van der Waals surface area (Å²) in [5.41, 5.74) is 1.65. The van der Waals surface area contributed by atoms with Gasteiger partial charge in [0, 0.05) is 36.5 Å². The van der Waals surface area contributed by atoms with Crippen molar-refractivity contribution in [2.45, 2.75) is 25.9 Å². The zero-order valence-corrected chi connectivity index (χ0v) is 15.0. The third kappa shape index (κ3) is 4.37. The van der Waals surface area contributed by atoms with Gasteiger partial charge in [-0.15, -0.1) is 17.9 Å². The van der Waals surface area contributed by atoms with Gasteiger partial charge in [0.25, 0.3) is 5.91 Å². The van der Waals surface area contributed by atoms with Crippen molar-refractivity contribution in [3.8, 4) is 0 Å². The van der Waals surface area contributed by atoms with E-state index in [1.54, 1.807) is 22.3 Å². The van der Waals surface area contributed by atoms with Crippen LogP contribution in [0.15, 0.2) is 54.4 Å². The summed E-state index contributed by atoms with van der Waals surface area (Å²) in [5.74, 6) is 0.186. The topological polar surface area (TPSA) is 40.6 Å². The molecule has 1 aliphatic rings. The number of nitrogens with zero attached hydrogens (tertiary/aromatic N) is 2. The number of rotatable bonds is 7. The standard InChI is InChI=1S/C20H22N2O2S/c1-2-10-22(15-18-8-5-12-25-18)20(24)17-7-3-6-16(13-17)14-21-11-4-9-19(21)23/h2-3,5-8,12-13H,1,4,9-11,14-15H2. The Kier molecular flexibility index (Phi) is 5.66. The summed E-state index contributed by atoms with van der Waals surface area (Å²) in [6.07, 6.45) is 3.30. The van der Waals surface area contributed by atoms with Gasteiger partial charge in [0.05, 0.1) is 6.54 Å². The number of benzene rings is 1. The van der Waals surface area contributed by atoms with Crippen LogP contribution in [0.5, 0.6) is 0 Å². The maximum Gasteiger partial charge on any atom is 0.254 e. The minimum Gasteiger partial charge on any atom is -0.338 e. The lowest BCUT2D eigenvalue weighted by atomic mass is 10.1. The van der Waals surface area contributed by atoms with Crippen LogP contribution in [0.1, 0.15) is 33.6 Å². The van der Waals surface area contributed by atoms with Crippen molar-refractivity contribution in [3.63, 3.8) is 0 Å². The third-order valence-corrected chi connectivity index (χ3v) is 5.14. The highest BCUT2D eigenvalue weighted by Gasteiger charge is 2.21. The van der Waals surface area contributed by atoms with E-state index >= 15 is 0 Å². The maximum atomic E-state index is 12.9. The van der Waals surface area contributed by atoms with E-state index in [2.05, 4.69) is 6.58 Å². The summed E-state index contributed by atoms with van der Waals surface area (Å²) >= 11 is 1.64. The van der Waals surface area contributed by atoms with Crippen molar-refractivity contribution < 1.29 is 9.59 Å². The molecule has 2 aromatic rings. The van der Waals surface area contributed by atoms with Crippen LogP contribution in [0.4, 0.5) is 0 Å². The largest absolute Gasteiger partial charge is 0.338 e. The molecule has 2 amide bonds. The van der Waals surface area contributed by atoms with Crippen LogP contribution < -0.4 is 0 Å². The smallest absolute Gasteiger partial charge is 0.254 e.